The monoisotopic (exact) mass is 383 g/mol. The molecule has 1 aromatic heterocycles. The van der Waals surface area contributed by atoms with Gasteiger partial charge in [-0.3, -0.25) is 4.79 Å². The van der Waals surface area contributed by atoms with Crippen LogP contribution in [0.1, 0.15) is 56.0 Å². The van der Waals surface area contributed by atoms with Crippen LogP contribution in [0.25, 0.3) is 0 Å². The molecule has 2 rings (SSSR count). The second-order valence-electron chi connectivity index (χ2n) is 7.42. The molecule has 0 aliphatic carbocycles. The van der Waals surface area contributed by atoms with Gasteiger partial charge in [-0.1, -0.05) is 13.8 Å². The van der Waals surface area contributed by atoms with Crippen molar-refractivity contribution in [3.63, 3.8) is 0 Å². The van der Waals surface area contributed by atoms with Gasteiger partial charge in [0.05, 0.1) is 0 Å². The van der Waals surface area contributed by atoms with E-state index in [1.807, 2.05) is 0 Å². The molecule has 0 saturated heterocycles. The van der Waals surface area contributed by atoms with Crippen LogP contribution in [0.2, 0.25) is 0 Å². The van der Waals surface area contributed by atoms with E-state index in [1.54, 1.807) is 13.0 Å². The molecule has 0 saturated carbocycles. The molecule has 2 N–H and O–H groups in total. The first-order valence-electron chi connectivity index (χ1n) is 10.1. The Morgan fingerprint density at radius 2 is 1.82 bits per heavy atom. The lowest BCUT2D eigenvalue weighted by Crippen LogP contribution is -2.26. The Kier molecular flexibility index (Phi) is 7.79. The maximum Gasteiger partial charge on any atom is 0.270 e. The number of amides is 1. The zero-order valence-electron chi connectivity index (χ0n) is 18.0. The van der Waals surface area contributed by atoms with Gasteiger partial charge in [-0.2, -0.15) is 0 Å². The molecular formula is C22H33N5O. The Morgan fingerprint density at radius 1 is 1.11 bits per heavy atom. The summed E-state index contributed by atoms with van der Waals surface area (Å²) in [5.41, 5.74) is 3.69. The number of anilines is 3. The molecule has 0 aliphatic rings. The van der Waals surface area contributed by atoms with E-state index in [0.717, 1.165) is 30.8 Å². The van der Waals surface area contributed by atoms with Crippen molar-refractivity contribution in [1.82, 2.24) is 15.3 Å². The van der Waals surface area contributed by atoms with Gasteiger partial charge in [0.1, 0.15) is 17.3 Å². The number of nitrogens with zero attached hydrogens (tertiary/aromatic N) is 3. The lowest BCUT2D eigenvalue weighted by molar-refractivity contribution is 0.0946. The number of hydrogen-bond donors (Lipinski definition) is 2. The van der Waals surface area contributed by atoms with Gasteiger partial charge >= 0.3 is 0 Å². The summed E-state index contributed by atoms with van der Waals surface area (Å²) < 4.78 is 0. The number of aromatic nitrogens is 2. The first-order valence-corrected chi connectivity index (χ1v) is 10.1. The molecule has 6 nitrogen and oxygen atoms in total. The van der Waals surface area contributed by atoms with Crippen molar-refractivity contribution in [2.45, 2.75) is 48.0 Å². The standard InChI is InChI=1S/C22H33N5O/c1-7-27(8-2)18-9-10-19(16(5)13-18)26-21-14-20(24-17(6)25-21)22(28)23-12-11-15(3)4/h9-10,13-15H,7-8,11-12H2,1-6H3,(H,23,28)(H,24,25,26). The fourth-order valence-corrected chi connectivity index (χ4v) is 3.02. The van der Waals surface area contributed by atoms with Gasteiger partial charge in [-0.05, 0) is 63.8 Å². The third kappa shape index (κ3) is 5.94. The molecule has 1 heterocycles. The molecule has 2 aromatic rings. The van der Waals surface area contributed by atoms with Crippen molar-refractivity contribution in [3.05, 3.63) is 41.3 Å². The summed E-state index contributed by atoms with van der Waals surface area (Å²) in [6.45, 7) is 15.0. The van der Waals surface area contributed by atoms with Crippen molar-refractivity contribution in [2.24, 2.45) is 5.92 Å². The number of hydrogen-bond acceptors (Lipinski definition) is 5. The number of carbonyl (C=O) groups is 1. The molecule has 6 heteroatoms. The fraction of sp³-hybridized carbons (Fsp3) is 0.500. The van der Waals surface area contributed by atoms with Crippen LogP contribution in [0.5, 0.6) is 0 Å². The Bertz CT molecular complexity index is 800. The van der Waals surface area contributed by atoms with Gasteiger partial charge in [-0.25, -0.2) is 9.97 Å². The molecule has 152 valence electrons. The Labute approximate surface area is 168 Å². The van der Waals surface area contributed by atoms with E-state index in [1.165, 1.54) is 5.69 Å². The second kappa shape index (κ2) is 10.1. The zero-order chi connectivity index (χ0) is 20.7. The van der Waals surface area contributed by atoms with Crippen LogP contribution in [0, 0.1) is 19.8 Å². The second-order valence-corrected chi connectivity index (χ2v) is 7.42. The maximum absolute atomic E-state index is 12.4. The maximum atomic E-state index is 12.4. The van der Waals surface area contributed by atoms with Crippen molar-refractivity contribution < 1.29 is 4.79 Å². The lowest BCUT2D eigenvalue weighted by Gasteiger charge is -2.22. The SMILES string of the molecule is CCN(CC)c1ccc(Nc2cc(C(=O)NCCC(C)C)nc(C)n2)c(C)c1. The molecule has 28 heavy (non-hydrogen) atoms. The van der Waals surface area contributed by atoms with Crippen LogP contribution in [0.15, 0.2) is 24.3 Å². The van der Waals surface area contributed by atoms with Crippen molar-refractivity contribution in [1.29, 1.82) is 0 Å². The summed E-state index contributed by atoms with van der Waals surface area (Å²) in [4.78, 5) is 23.4. The van der Waals surface area contributed by atoms with E-state index < -0.39 is 0 Å². The minimum atomic E-state index is -0.164. The lowest BCUT2D eigenvalue weighted by atomic mass is 10.1. The van der Waals surface area contributed by atoms with E-state index in [9.17, 15) is 4.79 Å². The molecule has 1 amide bonds. The average Bonchev–Trinajstić information content (AvgIpc) is 2.64. The summed E-state index contributed by atoms with van der Waals surface area (Å²) in [6.07, 6.45) is 0.943. The molecule has 0 fully saturated rings. The average molecular weight is 384 g/mol. The minimum absolute atomic E-state index is 0.164. The van der Waals surface area contributed by atoms with Gasteiger partial charge in [0.25, 0.3) is 5.91 Å². The summed E-state index contributed by atoms with van der Waals surface area (Å²) >= 11 is 0. The number of nitrogens with one attached hydrogen (secondary N) is 2. The molecular weight excluding hydrogens is 350 g/mol. The van der Waals surface area contributed by atoms with Crippen LogP contribution >= 0.6 is 0 Å². The fourth-order valence-electron chi connectivity index (χ4n) is 3.02. The zero-order valence-corrected chi connectivity index (χ0v) is 18.0. The molecule has 0 spiro atoms. The van der Waals surface area contributed by atoms with E-state index in [4.69, 9.17) is 0 Å². The first-order chi connectivity index (χ1) is 13.3. The Hall–Kier alpha value is -2.63. The molecule has 0 atom stereocenters. The van der Waals surface area contributed by atoms with Gasteiger partial charge in [0, 0.05) is 37.1 Å². The molecule has 1 aromatic carbocycles. The van der Waals surface area contributed by atoms with E-state index in [0.29, 0.717) is 29.8 Å². The van der Waals surface area contributed by atoms with Crippen molar-refractivity contribution >= 4 is 23.1 Å². The predicted octanol–water partition coefficient (Wildman–Crippen LogP) is 4.46. The molecule has 0 unspecified atom stereocenters. The van der Waals surface area contributed by atoms with Crippen molar-refractivity contribution in [2.75, 3.05) is 29.9 Å². The van der Waals surface area contributed by atoms with Gasteiger partial charge < -0.3 is 15.5 Å². The predicted molar refractivity (Wildman–Crippen MR) is 117 cm³/mol. The summed E-state index contributed by atoms with van der Waals surface area (Å²) in [5, 5.41) is 6.27. The minimum Gasteiger partial charge on any atom is -0.372 e. The van der Waals surface area contributed by atoms with Gasteiger partial charge in [-0.15, -0.1) is 0 Å². The van der Waals surface area contributed by atoms with Gasteiger partial charge in [0.15, 0.2) is 0 Å². The number of carbonyl (C=O) groups excluding carboxylic acids is 1. The van der Waals surface area contributed by atoms with Gasteiger partial charge in [0.2, 0.25) is 0 Å². The molecule has 0 radical (unpaired) electrons. The summed E-state index contributed by atoms with van der Waals surface area (Å²) in [7, 11) is 0. The Morgan fingerprint density at radius 3 is 2.43 bits per heavy atom. The number of rotatable bonds is 9. The smallest absolute Gasteiger partial charge is 0.270 e. The third-order valence-corrected chi connectivity index (χ3v) is 4.68. The highest BCUT2D eigenvalue weighted by Crippen LogP contribution is 2.25. The molecule has 0 bridgehead atoms. The van der Waals surface area contributed by atoms with E-state index >= 15 is 0 Å². The third-order valence-electron chi connectivity index (χ3n) is 4.68. The van der Waals surface area contributed by atoms with E-state index in [2.05, 4.69) is 78.3 Å². The first kappa shape index (κ1) is 21.7. The van der Waals surface area contributed by atoms with Crippen LogP contribution in [0.4, 0.5) is 17.2 Å². The quantitative estimate of drug-likeness (QED) is 0.669. The largest absolute Gasteiger partial charge is 0.372 e. The van der Waals surface area contributed by atoms with E-state index in [-0.39, 0.29) is 5.91 Å². The highest BCUT2D eigenvalue weighted by molar-refractivity contribution is 5.93. The van der Waals surface area contributed by atoms with Crippen LogP contribution in [0.3, 0.4) is 0 Å². The van der Waals surface area contributed by atoms with Crippen LogP contribution in [-0.2, 0) is 0 Å². The Balaban J connectivity index is 2.16. The highest BCUT2D eigenvalue weighted by Gasteiger charge is 2.12. The molecule has 0 aliphatic heterocycles. The topological polar surface area (TPSA) is 70.2 Å². The van der Waals surface area contributed by atoms with Crippen LogP contribution < -0.4 is 15.5 Å². The summed E-state index contributed by atoms with van der Waals surface area (Å²) in [5.74, 6) is 1.58. The van der Waals surface area contributed by atoms with Crippen LogP contribution in [-0.4, -0.2) is 35.5 Å². The summed E-state index contributed by atoms with van der Waals surface area (Å²) in [6, 6.07) is 8.04. The number of benzene rings is 1. The van der Waals surface area contributed by atoms with Crippen molar-refractivity contribution in [3.8, 4) is 0 Å². The number of aryl methyl sites for hydroxylation is 2. The highest BCUT2D eigenvalue weighted by atomic mass is 16.1. The normalized spacial score (nSPS) is 10.8.